The highest BCUT2D eigenvalue weighted by Crippen LogP contribution is 2.23. The fourth-order valence-corrected chi connectivity index (χ4v) is 3.54. The second-order valence-corrected chi connectivity index (χ2v) is 7.52. The number of carbonyl (C=O) groups is 1. The Balaban J connectivity index is 1.44. The van der Waals surface area contributed by atoms with Crippen LogP contribution in [0.2, 0.25) is 0 Å². The van der Waals surface area contributed by atoms with Crippen LogP contribution in [-0.4, -0.2) is 50.8 Å². The van der Waals surface area contributed by atoms with Gasteiger partial charge in [0.15, 0.2) is 0 Å². The Morgan fingerprint density at radius 1 is 1.20 bits per heavy atom. The van der Waals surface area contributed by atoms with Crippen LogP contribution in [0.3, 0.4) is 0 Å². The van der Waals surface area contributed by atoms with Crippen LogP contribution in [0.25, 0.3) is 16.7 Å². The van der Waals surface area contributed by atoms with E-state index in [0.717, 1.165) is 23.7 Å². The Labute approximate surface area is 174 Å². The number of likely N-dealkylation sites (tertiary alicyclic amines) is 1. The van der Waals surface area contributed by atoms with E-state index in [1.54, 1.807) is 17.0 Å². The predicted molar refractivity (Wildman–Crippen MR) is 110 cm³/mol. The Morgan fingerprint density at radius 2 is 2.00 bits per heavy atom. The van der Waals surface area contributed by atoms with E-state index in [9.17, 15) is 4.79 Å². The van der Waals surface area contributed by atoms with Gasteiger partial charge in [0.2, 0.25) is 5.88 Å². The zero-order valence-corrected chi connectivity index (χ0v) is 17.0. The molecule has 154 valence electrons. The van der Waals surface area contributed by atoms with Crippen LogP contribution in [0.5, 0.6) is 5.88 Å². The predicted octanol–water partition coefficient (Wildman–Crippen LogP) is 3.68. The highest BCUT2D eigenvalue weighted by Gasteiger charge is 2.25. The summed E-state index contributed by atoms with van der Waals surface area (Å²) in [5.41, 5.74) is 1.58. The summed E-state index contributed by atoms with van der Waals surface area (Å²) in [5, 5.41) is 10.0. The lowest BCUT2D eigenvalue weighted by atomic mass is 10.1. The van der Waals surface area contributed by atoms with Crippen molar-refractivity contribution in [2.75, 3.05) is 13.1 Å². The van der Waals surface area contributed by atoms with Crippen LogP contribution in [0.15, 0.2) is 42.9 Å². The minimum absolute atomic E-state index is 0.0181. The van der Waals surface area contributed by atoms with Gasteiger partial charge in [-0.1, -0.05) is 0 Å². The Bertz CT molecular complexity index is 1090. The zero-order chi connectivity index (χ0) is 21.1. The maximum absolute atomic E-state index is 12.0. The number of ether oxygens (including phenoxy) is 2. The number of carbonyl (C=O) groups excluding carboxylic acids is 1. The quantitative estimate of drug-likeness (QED) is 0.657. The summed E-state index contributed by atoms with van der Waals surface area (Å²) in [5.74, 6) is 1.19. The highest BCUT2D eigenvalue weighted by atomic mass is 16.6. The van der Waals surface area contributed by atoms with Crippen molar-refractivity contribution in [1.82, 2.24) is 19.4 Å². The van der Waals surface area contributed by atoms with E-state index in [4.69, 9.17) is 14.7 Å². The number of rotatable bonds is 4. The molecule has 1 saturated heterocycles. The van der Waals surface area contributed by atoms with Gasteiger partial charge in [-0.15, -0.1) is 0 Å². The van der Waals surface area contributed by atoms with Gasteiger partial charge in [-0.25, -0.2) is 14.8 Å². The largest absolute Gasteiger partial charge is 0.474 e. The first-order valence-electron chi connectivity index (χ1n) is 9.99. The van der Waals surface area contributed by atoms with Crippen LogP contribution in [0.4, 0.5) is 4.79 Å². The second kappa shape index (κ2) is 8.41. The summed E-state index contributed by atoms with van der Waals surface area (Å²) in [6.07, 6.45) is 4.42. The van der Waals surface area contributed by atoms with Crippen molar-refractivity contribution in [2.24, 2.45) is 0 Å². The number of amides is 1. The van der Waals surface area contributed by atoms with Crippen molar-refractivity contribution in [3.63, 3.8) is 0 Å². The topological polar surface area (TPSA) is 93.3 Å². The molecule has 3 aromatic rings. The van der Waals surface area contributed by atoms with Crippen LogP contribution in [-0.2, 0) is 4.74 Å². The van der Waals surface area contributed by atoms with E-state index in [-0.39, 0.29) is 18.3 Å². The average molecular weight is 405 g/mol. The summed E-state index contributed by atoms with van der Waals surface area (Å²) >= 11 is 0. The number of hydrogen-bond acceptors (Lipinski definition) is 6. The van der Waals surface area contributed by atoms with Crippen molar-refractivity contribution in [1.29, 1.82) is 5.26 Å². The fourth-order valence-electron chi connectivity index (χ4n) is 3.54. The first kappa shape index (κ1) is 19.7. The van der Waals surface area contributed by atoms with Crippen LogP contribution < -0.4 is 4.74 Å². The Morgan fingerprint density at radius 3 is 2.73 bits per heavy atom. The van der Waals surface area contributed by atoms with Gasteiger partial charge < -0.3 is 18.9 Å². The van der Waals surface area contributed by atoms with E-state index in [1.165, 1.54) is 6.33 Å². The van der Waals surface area contributed by atoms with Crippen molar-refractivity contribution in [2.45, 2.75) is 38.9 Å². The number of aromatic nitrogens is 3. The van der Waals surface area contributed by atoms with E-state index >= 15 is 0 Å². The minimum atomic E-state index is -0.271. The molecule has 0 spiro atoms. The molecule has 0 bridgehead atoms. The van der Waals surface area contributed by atoms with E-state index in [2.05, 4.69) is 16.0 Å². The van der Waals surface area contributed by atoms with Gasteiger partial charge in [-0.3, -0.25) is 0 Å². The molecule has 8 nitrogen and oxygen atoms in total. The Kier molecular flexibility index (Phi) is 5.53. The minimum Gasteiger partial charge on any atom is -0.474 e. The van der Waals surface area contributed by atoms with Crippen LogP contribution in [0, 0.1) is 11.3 Å². The van der Waals surface area contributed by atoms with Crippen molar-refractivity contribution in [3.8, 4) is 17.8 Å². The van der Waals surface area contributed by atoms with Gasteiger partial charge in [0.05, 0.1) is 23.3 Å². The molecular formula is C22H23N5O3. The maximum atomic E-state index is 12.0. The van der Waals surface area contributed by atoms with Gasteiger partial charge >= 0.3 is 6.09 Å². The molecule has 1 fully saturated rings. The van der Waals surface area contributed by atoms with Crippen molar-refractivity contribution >= 4 is 17.0 Å². The summed E-state index contributed by atoms with van der Waals surface area (Å²) in [7, 11) is 0. The standard InChI is InChI=1S/C22H23N5O3/c1-15(2)29-22(28)26-8-6-18(7-9-26)30-21-12-20(24-14-25-21)27-10-5-17-11-16(13-23)3-4-19(17)27/h3-5,10-12,14-15,18H,6-9H2,1-2H3. The Hall–Kier alpha value is -3.60. The molecule has 0 aliphatic carbocycles. The SMILES string of the molecule is CC(C)OC(=O)N1CCC(Oc2cc(-n3ccc4cc(C#N)ccc43)ncn2)CC1. The first-order valence-corrected chi connectivity index (χ1v) is 9.99. The molecule has 2 aromatic heterocycles. The molecule has 0 N–H and O–H groups in total. The van der Waals surface area contributed by atoms with Crippen molar-refractivity contribution < 1.29 is 14.3 Å². The smallest absolute Gasteiger partial charge is 0.410 e. The summed E-state index contributed by atoms with van der Waals surface area (Å²) in [4.78, 5) is 22.4. The van der Waals surface area contributed by atoms with Gasteiger partial charge in [-0.2, -0.15) is 5.26 Å². The molecule has 0 saturated carbocycles. The number of nitriles is 1. The number of nitrogens with zero attached hydrogens (tertiary/aromatic N) is 5. The molecule has 30 heavy (non-hydrogen) atoms. The molecule has 0 atom stereocenters. The van der Waals surface area contributed by atoms with Crippen LogP contribution in [0.1, 0.15) is 32.3 Å². The summed E-state index contributed by atoms with van der Waals surface area (Å²) < 4.78 is 13.3. The molecular weight excluding hydrogens is 382 g/mol. The second-order valence-electron chi connectivity index (χ2n) is 7.52. The highest BCUT2D eigenvalue weighted by molar-refractivity contribution is 5.83. The summed E-state index contributed by atoms with van der Waals surface area (Å²) in [6.45, 7) is 4.88. The lowest BCUT2D eigenvalue weighted by Crippen LogP contribution is -2.42. The van der Waals surface area contributed by atoms with Gasteiger partial charge in [-0.05, 0) is 38.1 Å². The number of hydrogen-bond donors (Lipinski definition) is 0. The first-order chi connectivity index (χ1) is 14.5. The van der Waals surface area contributed by atoms with Gasteiger partial charge in [0.25, 0.3) is 0 Å². The van der Waals surface area contributed by atoms with E-state index in [0.29, 0.717) is 30.4 Å². The molecule has 1 aliphatic heterocycles. The third-order valence-electron chi connectivity index (χ3n) is 5.02. The maximum Gasteiger partial charge on any atom is 0.410 e. The number of fused-ring (bicyclic) bond motifs is 1. The normalized spacial score (nSPS) is 14.7. The van der Waals surface area contributed by atoms with E-state index < -0.39 is 0 Å². The van der Waals surface area contributed by atoms with Gasteiger partial charge in [0, 0.05) is 43.6 Å². The zero-order valence-electron chi connectivity index (χ0n) is 17.0. The molecule has 1 amide bonds. The van der Waals surface area contributed by atoms with E-state index in [1.807, 2.05) is 42.8 Å². The lowest BCUT2D eigenvalue weighted by Gasteiger charge is -2.31. The number of piperidine rings is 1. The molecule has 3 heterocycles. The summed E-state index contributed by atoms with van der Waals surface area (Å²) in [6, 6.07) is 11.4. The third kappa shape index (κ3) is 4.20. The fraction of sp³-hybridized carbons (Fsp3) is 0.364. The molecule has 0 unspecified atom stereocenters. The average Bonchev–Trinajstić information content (AvgIpc) is 3.17. The lowest BCUT2D eigenvalue weighted by molar-refractivity contribution is 0.0507. The van der Waals surface area contributed by atoms with Crippen LogP contribution >= 0.6 is 0 Å². The molecule has 0 radical (unpaired) electrons. The molecule has 4 rings (SSSR count). The molecule has 1 aliphatic rings. The monoisotopic (exact) mass is 405 g/mol. The third-order valence-corrected chi connectivity index (χ3v) is 5.02. The van der Waals surface area contributed by atoms with Gasteiger partial charge in [0.1, 0.15) is 18.2 Å². The van der Waals surface area contributed by atoms with Crippen molar-refractivity contribution in [3.05, 3.63) is 48.4 Å². The molecule has 8 heteroatoms. The number of benzene rings is 1. The molecule has 1 aromatic carbocycles.